The second-order valence-electron chi connectivity index (χ2n) is 4.65. The first-order valence-corrected chi connectivity index (χ1v) is 8.91. The van der Waals surface area contributed by atoms with E-state index in [1.807, 2.05) is 0 Å². The van der Waals surface area contributed by atoms with E-state index in [1.54, 1.807) is 0 Å². The van der Waals surface area contributed by atoms with Crippen molar-refractivity contribution in [3.05, 3.63) is 57.3 Å². The third kappa shape index (κ3) is 3.92. The summed E-state index contributed by atoms with van der Waals surface area (Å²) in [6, 6.07) is 6.52. The zero-order valence-electron chi connectivity index (χ0n) is 11.8. The molecule has 5 nitrogen and oxygen atoms in total. The van der Waals surface area contributed by atoms with Gasteiger partial charge in [-0.05, 0) is 36.4 Å². The fourth-order valence-corrected chi connectivity index (χ4v) is 4.01. The Kier molecular flexibility index (Phi) is 5.59. The molecule has 2 aromatic carbocycles. The second-order valence-corrected chi connectivity index (χ2v) is 7.73. The number of nitrogens with zero attached hydrogens (tertiary/aromatic N) is 1. The Morgan fingerprint density at radius 1 is 1.04 bits per heavy atom. The number of carbonyl (C=O) groups excluding carboxylic acids is 1. The Morgan fingerprint density at radius 2 is 1.58 bits per heavy atom. The first kappa shape index (κ1) is 18.8. The lowest BCUT2D eigenvalue weighted by Crippen LogP contribution is -2.38. The van der Waals surface area contributed by atoms with Crippen molar-refractivity contribution in [2.24, 2.45) is 5.73 Å². The summed E-state index contributed by atoms with van der Waals surface area (Å²) >= 11 is 17.8. The molecular weight excluding hydrogens is 402 g/mol. The first-order valence-electron chi connectivity index (χ1n) is 6.34. The predicted molar refractivity (Wildman–Crippen MR) is 91.6 cm³/mol. The minimum atomic E-state index is -4.24. The van der Waals surface area contributed by atoms with Crippen molar-refractivity contribution in [1.29, 1.82) is 0 Å². The zero-order valence-corrected chi connectivity index (χ0v) is 14.9. The predicted octanol–water partition coefficient (Wildman–Crippen LogP) is 3.47. The molecule has 2 rings (SSSR count). The lowest BCUT2D eigenvalue weighted by molar-refractivity contribution is -0.116. The Hall–Kier alpha value is -1.54. The number of amides is 1. The van der Waals surface area contributed by atoms with Crippen LogP contribution in [-0.4, -0.2) is 20.9 Å². The van der Waals surface area contributed by atoms with Crippen LogP contribution in [0.3, 0.4) is 0 Å². The summed E-state index contributed by atoms with van der Waals surface area (Å²) in [5, 5.41) is 0.111. The van der Waals surface area contributed by atoms with Crippen LogP contribution in [0.1, 0.15) is 0 Å². The zero-order chi connectivity index (χ0) is 18.1. The molecule has 0 atom stereocenters. The number of rotatable bonds is 5. The van der Waals surface area contributed by atoms with Crippen molar-refractivity contribution in [1.82, 2.24) is 0 Å². The number of carbonyl (C=O) groups is 1. The van der Waals surface area contributed by atoms with Gasteiger partial charge in [0.1, 0.15) is 12.4 Å². The molecule has 2 aromatic rings. The van der Waals surface area contributed by atoms with Gasteiger partial charge in [-0.25, -0.2) is 12.8 Å². The molecule has 0 fully saturated rings. The second kappa shape index (κ2) is 7.14. The molecule has 0 spiro atoms. The minimum absolute atomic E-state index is 0.0415. The Bertz CT molecular complexity index is 889. The standard InChI is InChI=1S/C14H10Cl3FN2O3S/c15-10-5-12(17)13(6-11(10)16)20(7-14(19)21)24(22,23)9-3-1-8(18)2-4-9/h1-6H,7H2,(H2,19,21). The normalized spacial score (nSPS) is 11.3. The molecule has 0 aliphatic carbocycles. The summed E-state index contributed by atoms with van der Waals surface area (Å²) in [5.41, 5.74) is 5.07. The number of nitrogens with two attached hydrogens (primary N) is 1. The van der Waals surface area contributed by atoms with E-state index in [9.17, 15) is 17.6 Å². The molecule has 0 saturated carbocycles. The Labute approximate surface area is 152 Å². The van der Waals surface area contributed by atoms with Gasteiger partial charge in [-0.15, -0.1) is 0 Å². The van der Waals surface area contributed by atoms with E-state index in [1.165, 1.54) is 12.1 Å². The highest BCUT2D eigenvalue weighted by Gasteiger charge is 2.28. The maximum absolute atomic E-state index is 13.0. The van der Waals surface area contributed by atoms with Gasteiger partial charge < -0.3 is 5.73 Å². The van der Waals surface area contributed by atoms with Crippen LogP contribution in [0.4, 0.5) is 10.1 Å². The molecule has 10 heteroatoms. The highest BCUT2D eigenvalue weighted by Crippen LogP contribution is 2.36. The van der Waals surface area contributed by atoms with Gasteiger partial charge in [-0.3, -0.25) is 9.10 Å². The molecule has 0 unspecified atom stereocenters. The van der Waals surface area contributed by atoms with Crippen molar-refractivity contribution in [2.75, 3.05) is 10.8 Å². The summed E-state index contributed by atoms with van der Waals surface area (Å²) in [6.45, 7) is -0.683. The molecule has 0 bridgehead atoms. The SMILES string of the molecule is NC(=O)CN(c1cc(Cl)c(Cl)cc1Cl)S(=O)(=O)c1ccc(F)cc1. The van der Waals surface area contributed by atoms with Gasteiger partial charge >= 0.3 is 0 Å². The number of benzene rings is 2. The molecule has 0 radical (unpaired) electrons. The molecular formula is C14H10Cl3FN2O3S. The molecule has 1 amide bonds. The number of anilines is 1. The first-order chi connectivity index (χ1) is 11.1. The largest absolute Gasteiger partial charge is 0.368 e. The molecule has 0 aliphatic heterocycles. The number of primary amides is 1. The van der Waals surface area contributed by atoms with Gasteiger partial charge in [0.25, 0.3) is 10.0 Å². The van der Waals surface area contributed by atoms with E-state index in [0.717, 1.165) is 24.3 Å². The smallest absolute Gasteiger partial charge is 0.264 e. The summed E-state index contributed by atoms with van der Waals surface area (Å²) in [4.78, 5) is 11.1. The lowest BCUT2D eigenvalue weighted by atomic mass is 10.3. The average molecular weight is 412 g/mol. The molecule has 128 valence electrons. The molecule has 0 aliphatic rings. The van der Waals surface area contributed by atoms with E-state index in [0.29, 0.717) is 4.31 Å². The summed E-state index contributed by atoms with van der Waals surface area (Å²) in [6.07, 6.45) is 0. The maximum atomic E-state index is 13.0. The quantitative estimate of drug-likeness (QED) is 0.765. The molecule has 0 saturated heterocycles. The van der Waals surface area contributed by atoms with Crippen molar-refractivity contribution in [3.8, 4) is 0 Å². The van der Waals surface area contributed by atoms with E-state index in [4.69, 9.17) is 40.5 Å². The van der Waals surface area contributed by atoms with Crippen molar-refractivity contribution in [3.63, 3.8) is 0 Å². The third-order valence-corrected chi connectivity index (χ3v) is 5.76. The number of hydrogen-bond donors (Lipinski definition) is 1. The van der Waals surface area contributed by atoms with Gasteiger partial charge in [-0.1, -0.05) is 34.8 Å². The van der Waals surface area contributed by atoms with Crippen LogP contribution in [0.25, 0.3) is 0 Å². The van der Waals surface area contributed by atoms with Crippen LogP contribution in [-0.2, 0) is 14.8 Å². The van der Waals surface area contributed by atoms with E-state index in [-0.39, 0.29) is 25.7 Å². The Balaban J connectivity index is 2.63. The number of hydrogen-bond acceptors (Lipinski definition) is 3. The van der Waals surface area contributed by atoms with Crippen molar-refractivity contribution in [2.45, 2.75) is 4.90 Å². The van der Waals surface area contributed by atoms with Crippen LogP contribution in [0, 0.1) is 5.82 Å². The van der Waals surface area contributed by atoms with Gasteiger partial charge in [0.05, 0.1) is 25.7 Å². The molecule has 0 heterocycles. The maximum Gasteiger partial charge on any atom is 0.264 e. The summed E-state index contributed by atoms with van der Waals surface area (Å²) < 4.78 is 39.3. The van der Waals surface area contributed by atoms with Gasteiger partial charge in [0, 0.05) is 0 Å². The third-order valence-electron chi connectivity index (χ3n) is 2.96. The highest BCUT2D eigenvalue weighted by atomic mass is 35.5. The van der Waals surface area contributed by atoms with Gasteiger partial charge in [0.2, 0.25) is 5.91 Å². The number of sulfonamides is 1. The fourth-order valence-electron chi connectivity index (χ4n) is 1.88. The van der Waals surface area contributed by atoms with Crippen LogP contribution in [0.5, 0.6) is 0 Å². The molecule has 2 N–H and O–H groups in total. The molecule has 24 heavy (non-hydrogen) atoms. The van der Waals surface area contributed by atoms with Crippen molar-refractivity contribution < 1.29 is 17.6 Å². The molecule has 0 aromatic heterocycles. The topological polar surface area (TPSA) is 80.5 Å². The van der Waals surface area contributed by atoms with E-state index in [2.05, 4.69) is 0 Å². The fraction of sp³-hybridized carbons (Fsp3) is 0.0714. The van der Waals surface area contributed by atoms with Crippen LogP contribution < -0.4 is 10.0 Å². The monoisotopic (exact) mass is 410 g/mol. The Morgan fingerprint density at radius 3 is 2.12 bits per heavy atom. The van der Waals surface area contributed by atoms with E-state index >= 15 is 0 Å². The van der Waals surface area contributed by atoms with Gasteiger partial charge in [-0.2, -0.15) is 0 Å². The van der Waals surface area contributed by atoms with Crippen LogP contribution in [0.2, 0.25) is 15.1 Å². The van der Waals surface area contributed by atoms with Crippen LogP contribution in [0.15, 0.2) is 41.3 Å². The number of halogens is 4. The lowest BCUT2D eigenvalue weighted by Gasteiger charge is -2.24. The summed E-state index contributed by atoms with van der Waals surface area (Å²) in [7, 11) is -4.24. The minimum Gasteiger partial charge on any atom is -0.368 e. The van der Waals surface area contributed by atoms with E-state index < -0.39 is 28.3 Å². The average Bonchev–Trinajstić information content (AvgIpc) is 2.49. The summed E-state index contributed by atoms with van der Waals surface area (Å²) in [5.74, 6) is -1.52. The van der Waals surface area contributed by atoms with Crippen molar-refractivity contribution >= 4 is 56.4 Å². The van der Waals surface area contributed by atoms with Crippen LogP contribution >= 0.6 is 34.8 Å². The van der Waals surface area contributed by atoms with Gasteiger partial charge in [0.15, 0.2) is 0 Å². The highest BCUT2D eigenvalue weighted by molar-refractivity contribution is 7.92.